The number of benzene rings is 2. The molecule has 7 heteroatoms. The lowest BCUT2D eigenvalue weighted by atomic mass is 10.1. The molecule has 3 rings (SSSR count). The number of pyridine rings is 1. The summed E-state index contributed by atoms with van der Waals surface area (Å²) in [6, 6.07) is 17.0. The molecule has 0 unspecified atom stereocenters. The number of aromatic nitrogens is 1. The van der Waals surface area contributed by atoms with Gasteiger partial charge in [0.15, 0.2) is 5.11 Å². The fourth-order valence-corrected chi connectivity index (χ4v) is 2.59. The van der Waals surface area contributed by atoms with Crippen LogP contribution in [0.25, 0.3) is 0 Å². The summed E-state index contributed by atoms with van der Waals surface area (Å²) in [6.07, 6.45) is 4.36. The molecule has 0 aliphatic heterocycles. The van der Waals surface area contributed by atoms with Gasteiger partial charge in [-0.3, -0.25) is 15.1 Å². The van der Waals surface area contributed by atoms with Crippen molar-refractivity contribution in [3.05, 3.63) is 95.6 Å². The number of anilines is 1. The molecule has 1 amide bonds. The van der Waals surface area contributed by atoms with Crippen LogP contribution in [0.3, 0.4) is 0 Å². The molecule has 0 aliphatic carbocycles. The van der Waals surface area contributed by atoms with Gasteiger partial charge in [0.05, 0.1) is 0 Å². The Labute approximate surface area is 168 Å². The van der Waals surface area contributed by atoms with Gasteiger partial charge in [-0.2, -0.15) is 0 Å². The van der Waals surface area contributed by atoms with Crippen molar-refractivity contribution in [3.63, 3.8) is 0 Å². The number of nitrogens with one attached hydrogen (secondary N) is 2. The average molecular weight is 402 g/mol. The summed E-state index contributed by atoms with van der Waals surface area (Å²) in [5, 5.41) is 5.71. The Hall–Kier alpha value is -2.83. The van der Waals surface area contributed by atoms with E-state index in [1.54, 1.807) is 12.4 Å². The van der Waals surface area contributed by atoms with Crippen LogP contribution in [-0.4, -0.2) is 16.0 Å². The molecule has 2 N–H and O–H groups in total. The summed E-state index contributed by atoms with van der Waals surface area (Å²) >= 11 is 5.15. The van der Waals surface area contributed by atoms with Crippen molar-refractivity contribution in [3.8, 4) is 0 Å². The average Bonchev–Trinajstić information content (AvgIpc) is 2.64. The highest BCUT2D eigenvalue weighted by Crippen LogP contribution is 2.13. The first kappa shape index (κ1) is 20.5. The minimum absolute atomic E-state index is 0. The summed E-state index contributed by atoms with van der Waals surface area (Å²) in [5.74, 6) is -0.786. The zero-order valence-electron chi connectivity index (χ0n) is 14.2. The fraction of sp³-hybridized carbons (Fsp3) is 0.0500. The lowest BCUT2D eigenvalue weighted by Crippen LogP contribution is -2.34. The van der Waals surface area contributed by atoms with Crippen LogP contribution >= 0.6 is 24.6 Å². The first-order valence-electron chi connectivity index (χ1n) is 7.96. The first-order chi connectivity index (χ1) is 12.6. The molecule has 2 aromatic carbocycles. The molecular weight excluding hydrogens is 385 g/mol. The highest BCUT2D eigenvalue weighted by atomic mass is 35.5. The number of carbonyl (C=O) groups is 1. The van der Waals surface area contributed by atoms with Gasteiger partial charge >= 0.3 is 0 Å². The molecule has 138 valence electrons. The van der Waals surface area contributed by atoms with E-state index in [-0.39, 0.29) is 17.5 Å². The maximum atomic E-state index is 12.9. The summed E-state index contributed by atoms with van der Waals surface area (Å²) in [4.78, 5) is 16.1. The second kappa shape index (κ2) is 9.75. The second-order valence-electron chi connectivity index (χ2n) is 5.64. The van der Waals surface area contributed by atoms with Crippen LogP contribution in [0.5, 0.6) is 0 Å². The van der Waals surface area contributed by atoms with Crippen LogP contribution in [0.15, 0.2) is 73.1 Å². The summed E-state index contributed by atoms with van der Waals surface area (Å²) in [6.45, 7) is 0. The summed E-state index contributed by atoms with van der Waals surface area (Å²) in [7, 11) is 0. The molecule has 0 saturated heterocycles. The lowest BCUT2D eigenvalue weighted by molar-refractivity contribution is 0.0977. The Morgan fingerprint density at radius 3 is 2.15 bits per heavy atom. The fourth-order valence-electron chi connectivity index (χ4n) is 2.38. The quantitative estimate of drug-likeness (QED) is 0.638. The predicted molar refractivity (Wildman–Crippen MR) is 111 cm³/mol. The van der Waals surface area contributed by atoms with Crippen LogP contribution in [0.1, 0.15) is 21.5 Å². The summed E-state index contributed by atoms with van der Waals surface area (Å²) in [5.41, 5.74) is 3.45. The van der Waals surface area contributed by atoms with E-state index in [1.165, 1.54) is 29.8 Å². The number of rotatable bonds is 4. The van der Waals surface area contributed by atoms with E-state index >= 15 is 0 Å². The minimum Gasteiger partial charge on any atom is -0.332 e. The largest absolute Gasteiger partial charge is 0.332 e. The van der Waals surface area contributed by atoms with Gasteiger partial charge < -0.3 is 5.32 Å². The van der Waals surface area contributed by atoms with Gasteiger partial charge in [0.25, 0.3) is 5.91 Å². The van der Waals surface area contributed by atoms with E-state index in [1.807, 2.05) is 36.4 Å². The van der Waals surface area contributed by atoms with Gasteiger partial charge in [0.2, 0.25) is 0 Å². The van der Waals surface area contributed by atoms with Crippen molar-refractivity contribution in [2.24, 2.45) is 0 Å². The standard InChI is InChI=1S/C20H16FN3OS.ClH/c21-17-5-3-16(4-6-17)19(25)24-20(26)23-18-7-1-14(2-8-18)13-15-9-11-22-12-10-15;/h1-12H,13H2,(H2,23,24,25,26);1H. The van der Waals surface area contributed by atoms with Gasteiger partial charge in [-0.1, -0.05) is 12.1 Å². The molecule has 0 spiro atoms. The third-order valence-electron chi connectivity index (χ3n) is 3.70. The number of hydrogen-bond acceptors (Lipinski definition) is 3. The zero-order chi connectivity index (χ0) is 18.4. The van der Waals surface area contributed by atoms with Crippen molar-refractivity contribution in [2.75, 3.05) is 5.32 Å². The van der Waals surface area contributed by atoms with E-state index in [2.05, 4.69) is 15.6 Å². The van der Waals surface area contributed by atoms with Crippen molar-refractivity contribution < 1.29 is 9.18 Å². The van der Waals surface area contributed by atoms with E-state index in [0.29, 0.717) is 5.56 Å². The second-order valence-corrected chi connectivity index (χ2v) is 6.05. The third kappa shape index (κ3) is 6.13. The number of nitrogens with zero attached hydrogens (tertiary/aromatic N) is 1. The molecule has 4 nitrogen and oxygen atoms in total. The summed E-state index contributed by atoms with van der Waals surface area (Å²) < 4.78 is 12.9. The Balaban J connectivity index is 0.00000261. The molecule has 0 bridgehead atoms. The Kier molecular flexibility index (Phi) is 7.40. The molecule has 0 atom stereocenters. The Morgan fingerprint density at radius 2 is 1.52 bits per heavy atom. The number of carbonyl (C=O) groups excluding carboxylic acids is 1. The van der Waals surface area contributed by atoms with Crippen LogP contribution in [0.2, 0.25) is 0 Å². The van der Waals surface area contributed by atoms with Gasteiger partial charge in [0.1, 0.15) is 5.82 Å². The number of halogens is 2. The minimum atomic E-state index is -0.394. The molecule has 27 heavy (non-hydrogen) atoms. The highest BCUT2D eigenvalue weighted by Gasteiger charge is 2.08. The normalized spacial score (nSPS) is 9.81. The molecule has 0 radical (unpaired) electrons. The third-order valence-corrected chi connectivity index (χ3v) is 3.91. The molecule has 0 saturated carbocycles. The molecule has 0 aliphatic rings. The SMILES string of the molecule is Cl.O=C(NC(=S)Nc1ccc(Cc2ccncc2)cc1)c1ccc(F)cc1. The Bertz CT molecular complexity index is 903. The van der Waals surface area contributed by atoms with Crippen LogP contribution < -0.4 is 10.6 Å². The van der Waals surface area contributed by atoms with Crippen LogP contribution in [0, 0.1) is 5.82 Å². The van der Waals surface area contributed by atoms with E-state index in [9.17, 15) is 9.18 Å². The number of hydrogen-bond donors (Lipinski definition) is 2. The van der Waals surface area contributed by atoms with Gasteiger partial charge in [-0.25, -0.2) is 4.39 Å². The van der Waals surface area contributed by atoms with Gasteiger partial charge in [-0.05, 0) is 78.3 Å². The molecule has 3 aromatic rings. The Morgan fingerprint density at radius 1 is 0.926 bits per heavy atom. The molecule has 1 heterocycles. The maximum absolute atomic E-state index is 12.9. The molecule has 0 fully saturated rings. The number of amides is 1. The van der Waals surface area contributed by atoms with Crippen molar-refractivity contribution >= 4 is 41.3 Å². The van der Waals surface area contributed by atoms with E-state index in [0.717, 1.165) is 17.7 Å². The smallest absolute Gasteiger partial charge is 0.257 e. The lowest BCUT2D eigenvalue weighted by Gasteiger charge is -2.10. The number of thiocarbonyl (C=S) groups is 1. The van der Waals surface area contributed by atoms with Crippen molar-refractivity contribution in [1.82, 2.24) is 10.3 Å². The van der Waals surface area contributed by atoms with Gasteiger partial charge in [0, 0.05) is 23.6 Å². The van der Waals surface area contributed by atoms with Crippen molar-refractivity contribution in [1.29, 1.82) is 0 Å². The van der Waals surface area contributed by atoms with Crippen molar-refractivity contribution in [2.45, 2.75) is 6.42 Å². The predicted octanol–water partition coefficient (Wildman–Crippen LogP) is 4.36. The van der Waals surface area contributed by atoms with E-state index < -0.39 is 11.7 Å². The monoisotopic (exact) mass is 401 g/mol. The van der Waals surface area contributed by atoms with Crippen LogP contribution in [0.4, 0.5) is 10.1 Å². The zero-order valence-corrected chi connectivity index (χ0v) is 15.8. The maximum Gasteiger partial charge on any atom is 0.257 e. The van der Waals surface area contributed by atoms with Crippen LogP contribution in [-0.2, 0) is 6.42 Å². The first-order valence-corrected chi connectivity index (χ1v) is 8.37. The molecular formula is C20H17ClFN3OS. The van der Waals surface area contributed by atoms with E-state index in [4.69, 9.17) is 12.2 Å². The highest BCUT2D eigenvalue weighted by molar-refractivity contribution is 7.80. The molecule has 1 aromatic heterocycles. The topological polar surface area (TPSA) is 54.0 Å². The van der Waals surface area contributed by atoms with Gasteiger partial charge in [-0.15, -0.1) is 12.4 Å².